The van der Waals surface area contributed by atoms with Gasteiger partial charge in [-0.3, -0.25) is 0 Å². The summed E-state index contributed by atoms with van der Waals surface area (Å²) in [7, 11) is -2.80. The van der Waals surface area contributed by atoms with E-state index in [4.69, 9.17) is 5.73 Å². The van der Waals surface area contributed by atoms with Crippen molar-refractivity contribution in [2.45, 2.75) is 38.1 Å². The molecule has 1 heterocycles. The van der Waals surface area contributed by atoms with Crippen LogP contribution in [0.3, 0.4) is 0 Å². The van der Waals surface area contributed by atoms with E-state index in [1.54, 1.807) is 0 Å². The van der Waals surface area contributed by atoms with Gasteiger partial charge in [-0.15, -0.1) is 0 Å². The van der Waals surface area contributed by atoms with Crippen LogP contribution in [0.5, 0.6) is 0 Å². The molecule has 0 amide bonds. The Hall–Kier alpha value is -0.130. The highest BCUT2D eigenvalue weighted by Crippen LogP contribution is 2.21. The maximum Gasteiger partial charge on any atom is 0.147 e. The average molecular weight is 248 g/mol. The number of hydrogen-bond acceptors (Lipinski definition) is 4. The van der Waals surface area contributed by atoms with Crippen molar-refractivity contribution in [1.82, 2.24) is 4.90 Å². The molecule has 4 nitrogen and oxygen atoms in total. The molecule has 1 saturated heterocycles. The van der Waals surface area contributed by atoms with Gasteiger partial charge in [0.1, 0.15) is 9.84 Å². The van der Waals surface area contributed by atoms with Crippen LogP contribution in [0.15, 0.2) is 0 Å². The van der Waals surface area contributed by atoms with Gasteiger partial charge in [-0.05, 0) is 51.7 Å². The van der Waals surface area contributed by atoms with E-state index in [1.165, 1.54) is 19.1 Å². The third kappa shape index (κ3) is 5.27. The minimum absolute atomic E-state index is 0.313. The van der Waals surface area contributed by atoms with Crippen molar-refractivity contribution in [2.24, 2.45) is 5.73 Å². The monoisotopic (exact) mass is 248 g/mol. The van der Waals surface area contributed by atoms with Crippen molar-refractivity contribution >= 4 is 9.84 Å². The summed E-state index contributed by atoms with van der Waals surface area (Å²) < 4.78 is 22.0. The maximum atomic E-state index is 11.0. The molecule has 2 N–H and O–H groups in total. The van der Waals surface area contributed by atoms with Gasteiger partial charge in [-0.1, -0.05) is 0 Å². The lowest BCUT2D eigenvalue weighted by atomic mass is 10.1. The van der Waals surface area contributed by atoms with Gasteiger partial charge in [0.15, 0.2) is 0 Å². The smallest absolute Gasteiger partial charge is 0.147 e. The fraction of sp³-hybridized carbons (Fsp3) is 1.00. The molecule has 96 valence electrons. The van der Waals surface area contributed by atoms with Gasteiger partial charge in [0, 0.05) is 12.3 Å². The first-order valence-electron chi connectivity index (χ1n) is 6.15. The average Bonchev–Trinajstić information content (AvgIpc) is 2.60. The second-order valence-corrected chi connectivity index (χ2v) is 7.01. The first-order valence-corrected chi connectivity index (χ1v) is 8.21. The fourth-order valence-corrected chi connectivity index (χ4v) is 3.05. The van der Waals surface area contributed by atoms with Gasteiger partial charge in [0.05, 0.1) is 5.75 Å². The highest BCUT2D eigenvalue weighted by molar-refractivity contribution is 7.90. The van der Waals surface area contributed by atoms with E-state index in [-0.39, 0.29) is 0 Å². The zero-order valence-corrected chi connectivity index (χ0v) is 11.0. The molecule has 0 aromatic rings. The highest BCUT2D eigenvalue weighted by Gasteiger charge is 2.23. The molecule has 1 rings (SSSR count). The van der Waals surface area contributed by atoms with E-state index in [0.717, 1.165) is 38.9 Å². The van der Waals surface area contributed by atoms with Gasteiger partial charge >= 0.3 is 0 Å². The number of likely N-dealkylation sites (tertiary alicyclic amines) is 1. The van der Waals surface area contributed by atoms with Crippen molar-refractivity contribution in [3.8, 4) is 0 Å². The third-order valence-electron chi connectivity index (χ3n) is 3.20. The van der Waals surface area contributed by atoms with Crippen molar-refractivity contribution in [3.05, 3.63) is 0 Å². The molecule has 1 fully saturated rings. The molecular formula is C11H24N2O2S. The molecule has 0 aliphatic carbocycles. The summed E-state index contributed by atoms with van der Waals surface area (Å²) in [5.74, 6) is 0.313. The number of rotatable bonds is 7. The summed E-state index contributed by atoms with van der Waals surface area (Å²) in [4.78, 5) is 2.43. The molecule has 0 bridgehead atoms. The fourth-order valence-electron chi connectivity index (χ4n) is 2.40. The molecule has 1 atom stereocenters. The summed E-state index contributed by atoms with van der Waals surface area (Å²) >= 11 is 0. The van der Waals surface area contributed by atoms with Crippen LogP contribution in [0.2, 0.25) is 0 Å². The quantitative estimate of drug-likeness (QED) is 0.717. The van der Waals surface area contributed by atoms with E-state index in [2.05, 4.69) is 4.90 Å². The topological polar surface area (TPSA) is 63.4 Å². The van der Waals surface area contributed by atoms with Crippen molar-refractivity contribution in [1.29, 1.82) is 0 Å². The summed E-state index contributed by atoms with van der Waals surface area (Å²) in [6.07, 6.45) is 6.80. The van der Waals surface area contributed by atoms with Crippen LogP contribution in [-0.2, 0) is 9.84 Å². The minimum atomic E-state index is -2.80. The molecule has 16 heavy (non-hydrogen) atoms. The van der Waals surface area contributed by atoms with E-state index >= 15 is 0 Å². The van der Waals surface area contributed by atoms with Crippen LogP contribution < -0.4 is 5.73 Å². The lowest BCUT2D eigenvalue weighted by Gasteiger charge is -2.24. The van der Waals surface area contributed by atoms with Crippen LogP contribution in [-0.4, -0.2) is 51.0 Å². The Labute approximate surface area is 99.1 Å². The lowest BCUT2D eigenvalue weighted by molar-refractivity contribution is 0.241. The molecule has 1 unspecified atom stereocenters. The van der Waals surface area contributed by atoms with E-state index in [9.17, 15) is 8.42 Å². The van der Waals surface area contributed by atoms with Gasteiger partial charge < -0.3 is 10.6 Å². The molecule has 0 radical (unpaired) electrons. The number of sulfone groups is 1. The predicted octanol–water partition coefficient (Wildman–Crippen LogP) is 0.624. The van der Waals surface area contributed by atoms with Gasteiger partial charge in [0.2, 0.25) is 0 Å². The second kappa shape index (κ2) is 6.57. The molecule has 0 aromatic carbocycles. The normalized spacial score (nSPS) is 22.8. The van der Waals surface area contributed by atoms with Crippen LogP contribution in [0.4, 0.5) is 0 Å². The number of nitrogens with two attached hydrogens (primary N) is 1. The van der Waals surface area contributed by atoms with Crippen LogP contribution in [0.1, 0.15) is 32.1 Å². The molecule has 0 saturated carbocycles. The van der Waals surface area contributed by atoms with Crippen LogP contribution >= 0.6 is 0 Å². The summed E-state index contributed by atoms with van der Waals surface area (Å²) in [6.45, 7) is 2.80. The summed E-state index contributed by atoms with van der Waals surface area (Å²) in [5, 5.41) is 0. The van der Waals surface area contributed by atoms with E-state index in [1.807, 2.05) is 0 Å². The van der Waals surface area contributed by atoms with Crippen molar-refractivity contribution < 1.29 is 8.42 Å². The first kappa shape index (κ1) is 13.9. The minimum Gasteiger partial charge on any atom is -0.330 e. The molecule has 1 aliphatic heterocycles. The van der Waals surface area contributed by atoms with Crippen LogP contribution in [0, 0.1) is 0 Å². The standard InChI is InChI=1S/C11H24N2O2S/c1-16(14,15)10-4-9-13-8-3-6-11(13)5-2-7-12/h11H,2-10,12H2,1H3. The number of hydrogen-bond donors (Lipinski definition) is 1. The van der Waals surface area contributed by atoms with Crippen molar-refractivity contribution in [3.63, 3.8) is 0 Å². The Bertz CT molecular complexity index is 290. The Morgan fingerprint density at radius 1 is 1.38 bits per heavy atom. The van der Waals surface area contributed by atoms with Crippen LogP contribution in [0.25, 0.3) is 0 Å². The van der Waals surface area contributed by atoms with E-state index < -0.39 is 9.84 Å². The molecule has 0 spiro atoms. The van der Waals surface area contributed by atoms with Gasteiger partial charge in [-0.2, -0.15) is 0 Å². The Morgan fingerprint density at radius 2 is 2.12 bits per heavy atom. The predicted molar refractivity (Wildman–Crippen MR) is 67.2 cm³/mol. The molecule has 1 aliphatic rings. The highest BCUT2D eigenvalue weighted by atomic mass is 32.2. The van der Waals surface area contributed by atoms with Crippen molar-refractivity contribution in [2.75, 3.05) is 31.6 Å². The molecule has 0 aromatic heterocycles. The SMILES string of the molecule is CS(=O)(=O)CCCN1CCCC1CCCN. The number of nitrogens with zero attached hydrogens (tertiary/aromatic N) is 1. The van der Waals surface area contributed by atoms with Gasteiger partial charge in [-0.25, -0.2) is 8.42 Å². The molecular weight excluding hydrogens is 224 g/mol. The zero-order valence-electron chi connectivity index (χ0n) is 10.2. The third-order valence-corrected chi connectivity index (χ3v) is 4.23. The Morgan fingerprint density at radius 3 is 2.75 bits per heavy atom. The largest absolute Gasteiger partial charge is 0.330 e. The lowest BCUT2D eigenvalue weighted by Crippen LogP contribution is -2.31. The Kier molecular flexibility index (Phi) is 5.72. The van der Waals surface area contributed by atoms with Gasteiger partial charge in [0.25, 0.3) is 0 Å². The van der Waals surface area contributed by atoms with E-state index in [0.29, 0.717) is 11.8 Å². The first-order chi connectivity index (χ1) is 7.53. The molecule has 5 heteroatoms. The second-order valence-electron chi connectivity index (χ2n) is 4.75. The zero-order chi connectivity index (χ0) is 12.0. The summed E-state index contributed by atoms with van der Waals surface area (Å²) in [5.41, 5.74) is 5.51. The Balaban J connectivity index is 2.24. The summed E-state index contributed by atoms with van der Waals surface area (Å²) in [6, 6.07) is 0.642. The maximum absolute atomic E-state index is 11.0.